The third-order valence-electron chi connectivity index (χ3n) is 3.56. The zero-order chi connectivity index (χ0) is 18.2. The van der Waals surface area contributed by atoms with Crippen LogP contribution in [0.5, 0.6) is 0 Å². The number of aromatic nitrogens is 2. The van der Waals surface area contributed by atoms with E-state index in [-0.39, 0.29) is 18.3 Å². The van der Waals surface area contributed by atoms with Crippen molar-refractivity contribution >= 4 is 5.91 Å². The molecule has 0 bridgehead atoms. The highest BCUT2D eigenvalue weighted by molar-refractivity contribution is 5.77. The summed E-state index contributed by atoms with van der Waals surface area (Å²) in [5.41, 5.74) is 1.11. The van der Waals surface area contributed by atoms with Crippen molar-refractivity contribution in [1.82, 2.24) is 20.4 Å². The number of nitrogens with zero attached hydrogens (tertiary/aromatic N) is 3. The van der Waals surface area contributed by atoms with Crippen molar-refractivity contribution in [3.63, 3.8) is 0 Å². The minimum Gasteiger partial charge on any atom is -0.385 e. The van der Waals surface area contributed by atoms with Crippen LogP contribution in [0.2, 0.25) is 0 Å². The minimum absolute atomic E-state index is 0.0843. The number of hydrogen-bond donors (Lipinski definition) is 1. The van der Waals surface area contributed by atoms with Crippen LogP contribution >= 0.6 is 0 Å². The van der Waals surface area contributed by atoms with Crippen LogP contribution in [0.1, 0.15) is 17.9 Å². The fourth-order valence-electron chi connectivity index (χ4n) is 2.20. The first-order valence-corrected chi connectivity index (χ1v) is 8.03. The van der Waals surface area contributed by atoms with Crippen LogP contribution in [0, 0.1) is 12.7 Å². The molecule has 0 fully saturated rings. The van der Waals surface area contributed by atoms with E-state index in [0.29, 0.717) is 42.5 Å². The third-order valence-corrected chi connectivity index (χ3v) is 3.56. The van der Waals surface area contributed by atoms with Crippen LogP contribution in [0.15, 0.2) is 22.7 Å². The summed E-state index contributed by atoms with van der Waals surface area (Å²) in [6.45, 7) is 3.41. The van der Waals surface area contributed by atoms with E-state index in [9.17, 15) is 9.18 Å². The molecule has 0 unspecified atom stereocenters. The number of halogens is 1. The number of carbonyl (C=O) groups is 1. The second kappa shape index (κ2) is 9.24. The number of likely N-dealkylation sites (N-methyl/N-ethyl adjacent to an activating group) is 1. The van der Waals surface area contributed by atoms with Crippen LogP contribution in [0.3, 0.4) is 0 Å². The van der Waals surface area contributed by atoms with Crippen molar-refractivity contribution in [2.75, 3.05) is 33.9 Å². The number of rotatable bonds is 9. The van der Waals surface area contributed by atoms with Gasteiger partial charge in [-0.2, -0.15) is 4.98 Å². The van der Waals surface area contributed by atoms with E-state index in [2.05, 4.69) is 15.5 Å². The quantitative estimate of drug-likeness (QED) is 0.694. The molecule has 0 aliphatic carbocycles. The molecule has 1 aromatic carbocycles. The highest BCUT2D eigenvalue weighted by Crippen LogP contribution is 2.19. The van der Waals surface area contributed by atoms with Gasteiger partial charge < -0.3 is 14.6 Å². The SMILES string of the molecule is COCCCNC(=O)CN(C)Cc1nc(-c2ccc(C)c(F)c2)no1. The minimum atomic E-state index is -0.314. The van der Waals surface area contributed by atoms with Crippen LogP contribution in [-0.2, 0) is 16.1 Å². The molecule has 8 heteroatoms. The standard InChI is InChI=1S/C17H23FN4O3/c1-12-5-6-13(9-14(12)18)17-20-16(25-21-17)11-22(2)10-15(23)19-7-4-8-24-3/h5-6,9H,4,7-8,10-11H2,1-3H3,(H,19,23). The Morgan fingerprint density at radius 3 is 2.96 bits per heavy atom. The maximum atomic E-state index is 13.6. The molecular weight excluding hydrogens is 327 g/mol. The van der Waals surface area contributed by atoms with Gasteiger partial charge in [-0.05, 0) is 32.0 Å². The van der Waals surface area contributed by atoms with E-state index in [1.54, 1.807) is 38.1 Å². The van der Waals surface area contributed by atoms with Crippen molar-refractivity contribution in [3.8, 4) is 11.4 Å². The number of benzene rings is 1. The van der Waals surface area contributed by atoms with Gasteiger partial charge >= 0.3 is 0 Å². The van der Waals surface area contributed by atoms with Crippen molar-refractivity contribution < 1.29 is 18.4 Å². The van der Waals surface area contributed by atoms with Crippen molar-refractivity contribution in [1.29, 1.82) is 0 Å². The van der Waals surface area contributed by atoms with Gasteiger partial charge in [0.15, 0.2) is 0 Å². The van der Waals surface area contributed by atoms with E-state index in [0.717, 1.165) is 6.42 Å². The first-order valence-electron chi connectivity index (χ1n) is 8.03. The van der Waals surface area contributed by atoms with E-state index in [1.807, 2.05) is 0 Å². The first-order chi connectivity index (χ1) is 12.0. The maximum absolute atomic E-state index is 13.6. The van der Waals surface area contributed by atoms with E-state index >= 15 is 0 Å². The van der Waals surface area contributed by atoms with Crippen LogP contribution in [0.4, 0.5) is 4.39 Å². The summed E-state index contributed by atoms with van der Waals surface area (Å²) in [5, 5.41) is 6.67. The highest BCUT2D eigenvalue weighted by atomic mass is 19.1. The Morgan fingerprint density at radius 1 is 1.44 bits per heavy atom. The van der Waals surface area contributed by atoms with E-state index in [4.69, 9.17) is 9.26 Å². The van der Waals surface area contributed by atoms with Gasteiger partial charge in [0.05, 0.1) is 13.1 Å². The molecule has 0 radical (unpaired) electrons. The van der Waals surface area contributed by atoms with E-state index < -0.39 is 0 Å². The monoisotopic (exact) mass is 350 g/mol. The van der Waals surface area contributed by atoms with Gasteiger partial charge in [-0.25, -0.2) is 4.39 Å². The van der Waals surface area contributed by atoms with Gasteiger partial charge in [0.2, 0.25) is 17.6 Å². The van der Waals surface area contributed by atoms with Crippen molar-refractivity contribution in [2.24, 2.45) is 0 Å². The maximum Gasteiger partial charge on any atom is 0.241 e. The van der Waals surface area contributed by atoms with Gasteiger partial charge in [0.25, 0.3) is 0 Å². The van der Waals surface area contributed by atoms with Crippen LogP contribution < -0.4 is 5.32 Å². The molecule has 1 N–H and O–H groups in total. The van der Waals surface area contributed by atoms with Crippen LogP contribution in [0.25, 0.3) is 11.4 Å². The van der Waals surface area contributed by atoms with Gasteiger partial charge in [-0.3, -0.25) is 9.69 Å². The number of methoxy groups -OCH3 is 1. The smallest absolute Gasteiger partial charge is 0.241 e. The zero-order valence-electron chi connectivity index (χ0n) is 14.7. The lowest BCUT2D eigenvalue weighted by atomic mass is 10.1. The topological polar surface area (TPSA) is 80.5 Å². The Labute approximate surface area is 146 Å². The number of aryl methyl sites for hydroxylation is 1. The molecule has 1 aromatic heterocycles. The Morgan fingerprint density at radius 2 is 2.24 bits per heavy atom. The summed E-state index contributed by atoms with van der Waals surface area (Å²) in [4.78, 5) is 17.8. The third kappa shape index (κ3) is 5.91. The molecule has 0 spiro atoms. The molecule has 0 aliphatic rings. The first kappa shape index (κ1) is 19.0. The number of carbonyl (C=O) groups excluding carboxylic acids is 1. The fraction of sp³-hybridized carbons (Fsp3) is 0.471. The van der Waals surface area contributed by atoms with Gasteiger partial charge in [0, 0.05) is 25.8 Å². The second-order valence-corrected chi connectivity index (χ2v) is 5.84. The normalized spacial score (nSPS) is 11.1. The number of nitrogens with one attached hydrogen (secondary N) is 1. The summed E-state index contributed by atoms with van der Waals surface area (Å²) < 4.78 is 23.7. The summed E-state index contributed by atoms with van der Waals surface area (Å²) in [6.07, 6.45) is 0.770. The van der Waals surface area contributed by atoms with Gasteiger partial charge in [-0.15, -0.1) is 0 Å². The van der Waals surface area contributed by atoms with Crippen LogP contribution in [-0.4, -0.2) is 54.8 Å². The molecule has 0 saturated heterocycles. The lowest BCUT2D eigenvalue weighted by Crippen LogP contribution is -2.35. The Hall–Kier alpha value is -2.32. The molecule has 0 saturated carbocycles. The second-order valence-electron chi connectivity index (χ2n) is 5.84. The number of ether oxygens (including phenoxy) is 1. The highest BCUT2D eigenvalue weighted by Gasteiger charge is 2.13. The molecule has 7 nitrogen and oxygen atoms in total. The summed E-state index contributed by atoms with van der Waals surface area (Å²) in [7, 11) is 3.41. The molecule has 136 valence electrons. The molecule has 0 aliphatic heterocycles. The molecule has 1 amide bonds. The fourth-order valence-corrected chi connectivity index (χ4v) is 2.20. The zero-order valence-corrected chi connectivity index (χ0v) is 14.7. The Kier molecular flexibility index (Phi) is 7.03. The number of hydrogen-bond acceptors (Lipinski definition) is 6. The number of amides is 1. The summed E-state index contributed by atoms with van der Waals surface area (Å²) in [5.74, 6) is 0.294. The molecule has 2 aromatic rings. The summed E-state index contributed by atoms with van der Waals surface area (Å²) in [6, 6.07) is 4.78. The van der Waals surface area contributed by atoms with E-state index in [1.165, 1.54) is 6.07 Å². The molecule has 1 heterocycles. The summed E-state index contributed by atoms with van der Waals surface area (Å²) >= 11 is 0. The molecule has 25 heavy (non-hydrogen) atoms. The largest absolute Gasteiger partial charge is 0.385 e. The van der Waals surface area contributed by atoms with Gasteiger partial charge in [-0.1, -0.05) is 17.3 Å². The van der Waals surface area contributed by atoms with Crippen molar-refractivity contribution in [2.45, 2.75) is 19.9 Å². The molecular formula is C17H23FN4O3. The Bertz CT molecular complexity index is 705. The predicted octanol–water partition coefficient (Wildman–Crippen LogP) is 1.77. The lowest BCUT2D eigenvalue weighted by Gasteiger charge is -2.13. The molecule has 2 rings (SSSR count). The average Bonchev–Trinajstić information content (AvgIpc) is 3.02. The lowest BCUT2D eigenvalue weighted by molar-refractivity contribution is -0.122. The Balaban J connectivity index is 1.85. The predicted molar refractivity (Wildman–Crippen MR) is 90.3 cm³/mol. The average molecular weight is 350 g/mol. The van der Waals surface area contributed by atoms with Crippen molar-refractivity contribution in [3.05, 3.63) is 35.5 Å². The molecule has 0 atom stereocenters. The van der Waals surface area contributed by atoms with Gasteiger partial charge in [0.1, 0.15) is 5.82 Å².